The topological polar surface area (TPSA) is 47.1 Å². The molecule has 0 aliphatic rings. The normalized spacial score (nSPS) is 12.2. The Labute approximate surface area is 377 Å². The number of para-hydroxylation sites is 3. The molecule has 0 spiro atoms. The first kappa shape index (κ1) is 39.9. The number of rotatable bonds is 5. The highest BCUT2D eigenvalue weighted by molar-refractivity contribution is 6.24. The van der Waals surface area contributed by atoms with Crippen molar-refractivity contribution < 1.29 is 4.39 Å². The number of halogens is 1. The summed E-state index contributed by atoms with van der Waals surface area (Å²) in [6.45, 7) is 21.1. The maximum Gasteiger partial charge on any atom is 0.188 e. The van der Waals surface area contributed by atoms with Gasteiger partial charge in [-0.25, -0.2) is 19.2 Å². The van der Waals surface area contributed by atoms with Crippen LogP contribution in [-0.4, -0.2) is 14.5 Å². The zero-order valence-corrected chi connectivity index (χ0v) is 37.3. The highest BCUT2D eigenvalue weighted by Gasteiger charge is 2.21. The van der Waals surface area contributed by atoms with Gasteiger partial charge in [0.05, 0.1) is 51.0 Å². The SMILES string of the molecule is [C-]#[N+]c1ccc2c(c1)c1cccc(F)c1n2-c1ccccc1Nc1ccc2c(c1)c1ccccc1c1nc3cc(-c4ccc(C(C)(C)C)cc4)c(-c4ccc(C(C)(C)C)cc4)cc3nc21. The second kappa shape index (κ2) is 14.9. The van der Waals surface area contributed by atoms with Crippen LogP contribution < -0.4 is 5.32 Å². The van der Waals surface area contributed by atoms with Gasteiger partial charge in [-0.3, -0.25) is 0 Å². The van der Waals surface area contributed by atoms with Gasteiger partial charge in [0.2, 0.25) is 0 Å². The maximum atomic E-state index is 15.9. The van der Waals surface area contributed by atoms with E-state index < -0.39 is 0 Å². The Morgan fingerprint density at radius 2 is 1.09 bits per heavy atom. The maximum absolute atomic E-state index is 15.9. The summed E-state index contributed by atoms with van der Waals surface area (Å²) in [5.41, 5.74) is 14.8. The Morgan fingerprint density at radius 3 is 1.71 bits per heavy atom. The summed E-state index contributed by atoms with van der Waals surface area (Å²) in [6.07, 6.45) is 0. The fourth-order valence-corrected chi connectivity index (χ4v) is 9.50. The second-order valence-electron chi connectivity index (χ2n) is 19.2. The van der Waals surface area contributed by atoms with E-state index in [0.29, 0.717) is 11.2 Å². The van der Waals surface area contributed by atoms with Gasteiger partial charge >= 0.3 is 0 Å². The predicted octanol–water partition coefficient (Wildman–Crippen LogP) is 16.5. The number of nitrogens with one attached hydrogen (secondary N) is 1. The molecule has 0 bridgehead atoms. The van der Waals surface area contributed by atoms with Crippen molar-refractivity contribution in [1.29, 1.82) is 0 Å². The van der Waals surface area contributed by atoms with Crippen LogP contribution in [0.2, 0.25) is 0 Å². The van der Waals surface area contributed by atoms with E-state index in [0.717, 1.165) is 99.2 Å². The molecule has 0 fully saturated rings. The number of hydrogen-bond donors (Lipinski definition) is 1. The van der Waals surface area contributed by atoms with Crippen LogP contribution in [0.3, 0.4) is 0 Å². The molecule has 0 atom stereocenters. The van der Waals surface area contributed by atoms with E-state index >= 15 is 4.39 Å². The quantitative estimate of drug-likeness (QED) is 0.107. The summed E-state index contributed by atoms with van der Waals surface area (Å²) in [5, 5.41) is 9.46. The van der Waals surface area contributed by atoms with Crippen molar-refractivity contribution in [3.63, 3.8) is 0 Å². The highest BCUT2D eigenvalue weighted by atomic mass is 19.1. The predicted molar refractivity (Wildman–Crippen MR) is 271 cm³/mol. The first-order valence-corrected chi connectivity index (χ1v) is 22.1. The molecule has 0 aliphatic carbocycles. The molecule has 0 aliphatic heterocycles. The summed E-state index contributed by atoms with van der Waals surface area (Å²) >= 11 is 0. The van der Waals surface area contributed by atoms with Crippen molar-refractivity contribution in [2.24, 2.45) is 0 Å². The van der Waals surface area contributed by atoms with Crippen LogP contribution in [0.4, 0.5) is 21.5 Å². The third kappa shape index (κ3) is 6.74. The zero-order chi connectivity index (χ0) is 44.8. The van der Waals surface area contributed by atoms with E-state index in [-0.39, 0.29) is 16.6 Å². The standard InChI is InChI=1S/C59H46FN5/c1-58(2,3)37-23-19-35(20-24-37)45-33-51-52(34-46(45)36-21-25-38(26-22-36)59(4,5)6)64-56-43-29-27-40(32-47(43)41-13-8-9-14-42(41)55(56)63-51)62-50-17-10-11-18-54(50)65-53-30-28-39(61-7)31-48(53)44-15-12-16-49(60)57(44)65/h8-34,62H,1-6H3. The molecule has 1 N–H and O–H groups in total. The summed E-state index contributed by atoms with van der Waals surface area (Å²) in [7, 11) is 0. The Morgan fingerprint density at radius 1 is 0.523 bits per heavy atom. The van der Waals surface area contributed by atoms with Crippen molar-refractivity contribution in [2.45, 2.75) is 52.4 Å². The molecule has 0 unspecified atom stereocenters. The van der Waals surface area contributed by atoms with E-state index in [4.69, 9.17) is 16.5 Å². The highest BCUT2D eigenvalue weighted by Crippen LogP contribution is 2.42. The molecule has 65 heavy (non-hydrogen) atoms. The third-order valence-corrected chi connectivity index (χ3v) is 12.9. The van der Waals surface area contributed by atoms with Gasteiger partial charge in [-0.1, -0.05) is 151 Å². The number of benzene rings is 9. The minimum absolute atomic E-state index is 0.0388. The summed E-state index contributed by atoms with van der Waals surface area (Å²) < 4.78 is 17.8. The summed E-state index contributed by atoms with van der Waals surface area (Å²) in [5.74, 6) is -0.327. The van der Waals surface area contributed by atoms with Gasteiger partial charge in [0.15, 0.2) is 5.69 Å². The third-order valence-electron chi connectivity index (χ3n) is 12.9. The number of nitrogens with zero attached hydrogens (tertiary/aromatic N) is 4. The molecule has 0 radical (unpaired) electrons. The lowest BCUT2D eigenvalue weighted by molar-refractivity contribution is 0.590. The van der Waals surface area contributed by atoms with Crippen molar-refractivity contribution >= 4 is 82.5 Å². The fraction of sp³-hybridized carbons (Fsp3) is 0.136. The minimum atomic E-state index is -0.327. The molecular weight excluding hydrogens is 798 g/mol. The molecule has 2 heterocycles. The van der Waals surface area contributed by atoms with E-state index in [1.54, 1.807) is 12.1 Å². The molecule has 6 heteroatoms. The molecule has 314 valence electrons. The number of fused-ring (bicyclic) bond motifs is 10. The Hall–Kier alpha value is -7.88. The Bertz CT molecular complexity index is 3770. The van der Waals surface area contributed by atoms with Gasteiger partial charge in [0.25, 0.3) is 0 Å². The zero-order valence-electron chi connectivity index (χ0n) is 37.3. The van der Waals surface area contributed by atoms with Crippen LogP contribution in [0.1, 0.15) is 52.7 Å². The molecule has 0 amide bonds. The lowest BCUT2D eigenvalue weighted by atomic mass is 9.84. The molecular formula is C59H46FN5. The first-order chi connectivity index (χ1) is 31.3. The average Bonchev–Trinajstić information content (AvgIpc) is 3.65. The number of anilines is 2. The summed E-state index contributed by atoms with van der Waals surface area (Å²) in [6, 6.07) is 55.9. The van der Waals surface area contributed by atoms with Crippen LogP contribution in [0.5, 0.6) is 0 Å². The van der Waals surface area contributed by atoms with Gasteiger partial charge in [-0.2, -0.15) is 0 Å². The van der Waals surface area contributed by atoms with Crippen LogP contribution in [0, 0.1) is 12.4 Å². The smallest absolute Gasteiger partial charge is 0.188 e. The van der Waals surface area contributed by atoms with Crippen molar-refractivity contribution in [3.8, 4) is 27.9 Å². The fourth-order valence-electron chi connectivity index (χ4n) is 9.50. The van der Waals surface area contributed by atoms with Gasteiger partial charge in [-0.15, -0.1) is 0 Å². The van der Waals surface area contributed by atoms with E-state index in [2.05, 4.69) is 155 Å². The molecule has 0 saturated carbocycles. The monoisotopic (exact) mass is 843 g/mol. The van der Waals surface area contributed by atoms with Crippen molar-refractivity contribution in [3.05, 3.63) is 192 Å². The van der Waals surface area contributed by atoms with E-state index in [9.17, 15) is 0 Å². The van der Waals surface area contributed by atoms with Gasteiger partial charge in [0, 0.05) is 21.8 Å². The van der Waals surface area contributed by atoms with E-state index in [1.165, 1.54) is 17.2 Å². The summed E-state index contributed by atoms with van der Waals surface area (Å²) in [4.78, 5) is 14.6. The van der Waals surface area contributed by atoms with Gasteiger partial charge in [-0.05, 0) is 115 Å². The molecule has 9 aromatic carbocycles. The minimum Gasteiger partial charge on any atom is -0.354 e. The first-order valence-electron chi connectivity index (χ1n) is 22.1. The lowest BCUT2D eigenvalue weighted by Crippen LogP contribution is -2.10. The van der Waals surface area contributed by atoms with Crippen LogP contribution in [0.15, 0.2) is 164 Å². The Balaban J connectivity index is 1.08. The molecule has 5 nitrogen and oxygen atoms in total. The van der Waals surface area contributed by atoms with Crippen LogP contribution in [-0.2, 0) is 10.8 Å². The van der Waals surface area contributed by atoms with Crippen molar-refractivity contribution in [2.75, 3.05) is 5.32 Å². The molecule has 11 rings (SSSR count). The number of aromatic nitrogens is 3. The molecule has 0 saturated heterocycles. The van der Waals surface area contributed by atoms with Gasteiger partial charge in [0.1, 0.15) is 5.82 Å². The average molecular weight is 844 g/mol. The van der Waals surface area contributed by atoms with E-state index in [1.807, 2.05) is 47.0 Å². The van der Waals surface area contributed by atoms with Crippen LogP contribution >= 0.6 is 0 Å². The Kier molecular flexibility index (Phi) is 9.13. The molecule has 11 aromatic rings. The molecule has 2 aromatic heterocycles. The second-order valence-corrected chi connectivity index (χ2v) is 19.2. The van der Waals surface area contributed by atoms with Crippen LogP contribution in [0.25, 0.3) is 98.2 Å². The van der Waals surface area contributed by atoms with Crippen molar-refractivity contribution in [1.82, 2.24) is 14.5 Å². The van der Waals surface area contributed by atoms with Gasteiger partial charge < -0.3 is 9.88 Å². The largest absolute Gasteiger partial charge is 0.354 e. The number of hydrogen-bond acceptors (Lipinski definition) is 3. The lowest BCUT2D eigenvalue weighted by Gasteiger charge is -2.21.